The molecule has 2 unspecified atom stereocenters. The van der Waals surface area contributed by atoms with Gasteiger partial charge in [0.25, 0.3) is 5.91 Å². The summed E-state index contributed by atoms with van der Waals surface area (Å²) in [6.45, 7) is 6.23. The Balaban J connectivity index is 2.47. The van der Waals surface area contributed by atoms with Crippen molar-refractivity contribution in [1.29, 1.82) is 5.26 Å². The molecule has 3 N–H and O–H groups in total. The summed E-state index contributed by atoms with van der Waals surface area (Å²) in [6, 6.07) is 10.5. The number of carbonyl (C=O) groups is 3. The summed E-state index contributed by atoms with van der Waals surface area (Å²) < 4.78 is 10.4. The highest BCUT2D eigenvalue weighted by atomic mass is 32.1. The average Bonchev–Trinajstić information content (AvgIpc) is 2.83. The summed E-state index contributed by atoms with van der Waals surface area (Å²) in [5.74, 6) is -0.815. The van der Waals surface area contributed by atoms with Gasteiger partial charge in [-0.1, -0.05) is 6.07 Å². The largest absolute Gasteiger partial charge is 0.508 e. The second-order valence-corrected chi connectivity index (χ2v) is 9.54. The number of nitriles is 1. The molecule has 0 radical (unpaired) electrons. The number of aryl methyl sites for hydroxylation is 1. The molecule has 0 fully saturated rings. The number of phenolic OH excluding ortho intramolecular Hbond substituents is 1. The third-order valence-corrected chi connectivity index (χ3v) is 5.52. The normalized spacial score (nSPS) is 12.5. The third kappa shape index (κ3) is 8.32. The molecule has 0 saturated heterocycles. The van der Waals surface area contributed by atoms with Crippen molar-refractivity contribution in [3.63, 3.8) is 0 Å². The lowest BCUT2D eigenvalue weighted by Crippen LogP contribution is -2.53. The van der Waals surface area contributed by atoms with Crippen LogP contribution in [0.2, 0.25) is 0 Å². The number of hydrogen-bond donors (Lipinski definition) is 4. The number of amides is 3. The van der Waals surface area contributed by atoms with Crippen LogP contribution in [0.5, 0.6) is 11.5 Å². The number of anilines is 1. The smallest absolute Gasteiger partial charge is 0.408 e. The summed E-state index contributed by atoms with van der Waals surface area (Å²) in [5.41, 5.74) is 0.473. The van der Waals surface area contributed by atoms with Crippen molar-refractivity contribution >= 4 is 36.2 Å². The molecule has 0 heterocycles. The minimum atomic E-state index is -1.27. The minimum Gasteiger partial charge on any atom is -0.508 e. The fourth-order valence-electron chi connectivity index (χ4n) is 3.41. The van der Waals surface area contributed by atoms with Gasteiger partial charge in [0.05, 0.1) is 13.2 Å². The molecular formula is C26H32N4O6S. The van der Waals surface area contributed by atoms with Crippen molar-refractivity contribution < 1.29 is 29.0 Å². The fourth-order valence-corrected chi connectivity index (χ4v) is 3.66. The van der Waals surface area contributed by atoms with Gasteiger partial charge in [-0.2, -0.15) is 17.9 Å². The SMILES string of the molecule is COc1ccc(NC(=O)C(c2ccc(O)c(C)c2)N(CC#N)C(=O)C(CS)NC(=O)OC(C)(C)C)cc1. The number of benzene rings is 2. The average molecular weight is 529 g/mol. The zero-order chi connectivity index (χ0) is 27.8. The molecule has 0 aliphatic heterocycles. The van der Waals surface area contributed by atoms with Crippen LogP contribution in [0.25, 0.3) is 0 Å². The monoisotopic (exact) mass is 528 g/mol. The minimum absolute atomic E-state index is 0.0102. The first-order chi connectivity index (χ1) is 17.4. The Hall–Kier alpha value is -3.91. The van der Waals surface area contributed by atoms with Gasteiger partial charge in [-0.15, -0.1) is 0 Å². The van der Waals surface area contributed by atoms with Gasteiger partial charge in [0.2, 0.25) is 5.91 Å². The molecule has 0 bridgehead atoms. The van der Waals surface area contributed by atoms with E-state index in [1.165, 1.54) is 19.2 Å². The number of rotatable bonds is 9. The molecule has 37 heavy (non-hydrogen) atoms. The van der Waals surface area contributed by atoms with Crippen molar-refractivity contribution in [3.05, 3.63) is 53.6 Å². The van der Waals surface area contributed by atoms with E-state index in [1.54, 1.807) is 58.0 Å². The zero-order valence-electron chi connectivity index (χ0n) is 21.4. The van der Waals surface area contributed by atoms with E-state index >= 15 is 0 Å². The van der Waals surface area contributed by atoms with Gasteiger partial charge in [0, 0.05) is 11.4 Å². The zero-order valence-corrected chi connectivity index (χ0v) is 22.3. The number of nitrogens with zero attached hydrogens (tertiary/aromatic N) is 2. The second kappa shape index (κ2) is 12.9. The first-order valence-corrected chi connectivity index (χ1v) is 12.1. The van der Waals surface area contributed by atoms with Crippen molar-refractivity contribution in [2.45, 2.75) is 45.4 Å². The lowest BCUT2D eigenvalue weighted by Gasteiger charge is -2.32. The van der Waals surface area contributed by atoms with E-state index in [0.29, 0.717) is 22.6 Å². The van der Waals surface area contributed by atoms with E-state index < -0.39 is 42.1 Å². The maximum Gasteiger partial charge on any atom is 0.408 e. The standard InChI is InChI=1S/C26H32N4O6S/c1-16-14-17(6-11-21(16)31)22(23(32)28-18-7-9-19(35-5)10-8-18)30(13-12-27)24(33)20(15-37)29-25(34)36-26(2,3)4/h6-11,14,20,22,31,37H,13,15H2,1-5H3,(H,28,32)(H,29,34). The Bertz CT molecular complexity index is 1160. The molecule has 0 aliphatic rings. The summed E-state index contributed by atoms with van der Waals surface area (Å²) in [6.07, 6.45) is -0.837. The number of carbonyl (C=O) groups excluding carboxylic acids is 3. The molecule has 0 spiro atoms. The molecule has 0 saturated carbocycles. The van der Waals surface area contributed by atoms with Crippen molar-refractivity contribution in [3.8, 4) is 17.6 Å². The molecule has 198 valence electrons. The lowest BCUT2D eigenvalue weighted by molar-refractivity contribution is -0.139. The number of alkyl carbamates (subject to hydrolysis) is 1. The van der Waals surface area contributed by atoms with E-state index in [4.69, 9.17) is 9.47 Å². The van der Waals surface area contributed by atoms with E-state index in [-0.39, 0.29) is 11.5 Å². The highest BCUT2D eigenvalue weighted by Crippen LogP contribution is 2.28. The van der Waals surface area contributed by atoms with Gasteiger partial charge in [-0.25, -0.2) is 4.79 Å². The number of phenols is 1. The second-order valence-electron chi connectivity index (χ2n) is 9.17. The Morgan fingerprint density at radius 2 is 1.81 bits per heavy atom. The van der Waals surface area contributed by atoms with Gasteiger partial charge in [0.1, 0.15) is 35.7 Å². The molecular weight excluding hydrogens is 496 g/mol. The van der Waals surface area contributed by atoms with Crippen LogP contribution >= 0.6 is 12.6 Å². The van der Waals surface area contributed by atoms with E-state index in [2.05, 4.69) is 23.3 Å². The van der Waals surface area contributed by atoms with Crippen molar-refractivity contribution in [2.24, 2.45) is 0 Å². The summed E-state index contributed by atoms with van der Waals surface area (Å²) in [7, 11) is 1.52. The van der Waals surface area contributed by atoms with E-state index in [0.717, 1.165) is 4.90 Å². The maximum absolute atomic E-state index is 13.6. The molecule has 2 aromatic rings. The number of hydrogen-bond acceptors (Lipinski definition) is 8. The Morgan fingerprint density at radius 3 is 2.32 bits per heavy atom. The Kier molecular flexibility index (Phi) is 10.2. The van der Waals surface area contributed by atoms with Gasteiger partial charge in [-0.05, 0) is 75.2 Å². The van der Waals surface area contributed by atoms with Crippen LogP contribution < -0.4 is 15.4 Å². The molecule has 2 atom stereocenters. The number of aromatic hydroxyl groups is 1. The van der Waals surface area contributed by atoms with Gasteiger partial charge < -0.3 is 30.1 Å². The summed E-state index contributed by atoms with van der Waals surface area (Å²) in [4.78, 5) is 40.5. The molecule has 10 nitrogen and oxygen atoms in total. The Labute approximate surface area is 222 Å². The van der Waals surface area contributed by atoms with Crippen molar-refractivity contribution in [1.82, 2.24) is 10.2 Å². The summed E-state index contributed by atoms with van der Waals surface area (Å²) >= 11 is 4.19. The van der Waals surface area contributed by atoms with Crippen LogP contribution in [0, 0.1) is 18.3 Å². The number of ether oxygens (including phenoxy) is 2. The Morgan fingerprint density at radius 1 is 1.16 bits per heavy atom. The molecule has 3 amide bonds. The molecule has 2 rings (SSSR count). The highest BCUT2D eigenvalue weighted by molar-refractivity contribution is 7.80. The topological polar surface area (TPSA) is 141 Å². The first-order valence-electron chi connectivity index (χ1n) is 11.4. The highest BCUT2D eigenvalue weighted by Gasteiger charge is 2.36. The number of nitrogens with one attached hydrogen (secondary N) is 2. The van der Waals surface area contributed by atoms with Gasteiger partial charge in [0.15, 0.2) is 0 Å². The fraction of sp³-hybridized carbons (Fsp3) is 0.385. The number of thiol groups is 1. The third-order valence-electron chi connectivity index (χ3n) is 5.15. The van der Waals surface area contributed by atoms with Crippen LogP contribution in [0.3, 0.4) is 0 Å². The van der Waals surface area contributed by atoms with Gasteiger partial charge in [-0.3, -0.25) is 9.59 Å². The predicted molar refractivity (Wildman–Crippen MR) is 142 cm³/mol. The summed E-state index contributed by atoms with van der Waals surface area (Å²) in [5, 5.41) is 24.8. The molecule has 2 aromatic carbocycles. The van der Waals surface area contributed by atoms with Crippen molar-refractivity contribution in [2.75, 3.05) is 24.7 Å². The first kappa shape index (κ1) is 29.3. The van der Waals surface area contributed by atoms with Crippen LogP contribution in [0.4, 0.5) is 10.5 Å². The maximum atomic E-state index is 13.6. The molecule has 0 aliphatic carbocycles. The van der Waals surface area contributed by atoms with E-state index in [9.17, 15) is 24.8 Å². The predicted octanol–water partition coefficient (Wildman–Crippen LogP) is 3.56. The van der Waals surface area contributed by atoms with Crippen LogP contribution in [-0.2, 0) is 14.3 Å². The number of methoxy groups -OCH3 is 1. The van der Waals surface area contributed by atoms with Crippen LogP contribution in [0.15, 0.2) is 42.5 Å². The van der Waals surface area contributed by atoms with Gasteiger partial charge >= 0.3 is 6.09 Å². The lowest BCUT2D eigenvalue weighted by atomic mass is 10.00. The van der Waals surface area contributed by atoms with Crippen LogP contribution in [0.1, 0.15) is 37.9 Å². The quantitative estimate of drug-likeness (QED) is 0.288. The molecule has 11 heteroatoms. The molecule has 0 aromatic heterocycles. The van der Waals surface area contributed by atoms with E-state index in [1.807, 2.05) is 6.07 Å². The van der Waals surface area contributed by atoms with Crippen LogP contribution in [-0.4, -0.2) is 59.0 Å².